The van der Waals surface area contributed by atoms with Gasteiger partial charge in [0, 0.05) is 33.6 Å². The lowest BCUT2D eigenvalue weighted by Crippen LogP contribution is -2.34. The van der Waals surface area contributed by atoms with Gasteiger partial charge >= 0.3 is 0 Å². The van der Waals surface area contributed by atoms with Crippen LogP contribution in [0.1, 0.15) is 22.2 Å². The van der Waals surface area contributed by atoms with Crippen molar-refractivity contribution in [3.05, 3.63) is 57.9 Å². The molecule has 0 spiro atoms. The molecule has 0 saturated heterocycles. The fraction of sp³-hybridized carbons (Fsp3) is 0.182. The first-order chi connectivity index (χ1) is 13.5. The third-order valence-corrected chi connectivity index (χ3v) is 6.56. The highest BCUT2D eigenvalue weighted by Gasteiger charge is 2.24. The number of nitrogens with zero attached hydrogens (tertiary/aromatic N) is 1. The van der Waals surface area contributed by atoms with E-state index in [4.69, 9.17) is 16.6 Å². The monoisotopic (exact) mass is 407 g/mol. The molecular weight excluding hydrogens is 390 g/mol. The van der Waals surface area contributed by atoms with Crippen molar-refractivity contribution in [3.8, 4) is 11.3 Å². The molecule has 3 heterocycles. The van der Waals surface area contributed by atoms with E-state index >= 15 is 0 Å². The number of rotatable bonds is 1. The minimum atomic E-state index is -0.0159. The van der Waals surface area contributed by atoms with Gasteiger partial charge in [-0.2, -0.15) is 0 Å². The van der Waals surface area contributed by atoms with Crippen LogP contribution in [-0.2, 0) is 0 Å². The van der Waals surface area contributed by atoms with E-state index in [1.54, 1.807) is 0 Å². The predicted octanol–water partition coefficient (Wildman–Crippen LogP) is 5.62. The van der Waals surface area contributed by atoms with E-state index in [1.807, 2.05) is 50.2 Å². The minimum absolute atomic E-state index is 0.0159. The van der Waals surface area contributed by atoms with Gasteiger partial charge in [0.25, 0.3) is 5.91 Å². The first-order valence-electron chi connectivity index (χ1n) is 9.19. The van der Waals surface area contributed by atoms with Gasteiger partial charge in [0.2, 0.25) is 0 Å². The Kier molecular flexibility index (Phi) is 4.03. The zero-order valence-electron chi connectivity index (χ0n) is 15.5. The van der Waals surface area contributed by atoms with E-state index in [2.05, 4.69) is 16.7 Å². The van der Waals surface area contributed by atoms with Crippen LogP contribution in [0.2, 0.25) is 5.02 Å². The fourth-order valence-corrected chi connectivity index (χ4v) is 5.13. The Bertz CT molecular complexity index is 1260. The predicted molar refractivity (Wildman–Crippen MR) is 118 cm³/mol. The highest BCUT2D eigenvalue weighted by Crippen LogP contribution is 2.41. The lowest BCUT2D eigenvalue weighted by Gasteiger charge is -2.10. The molecule has 140 valence electrons. The maximum atomic E-state index is 12.6. The van der Waals surface area contributed by atoms with Gasteiger partial charge in [0.05, 0.1) is 21.9 Å². The van der Waals surface area contributed by atoms with Crippen LogP contribution in [0.5, 0.6) is 0 Å². The Morgan fingerprint density at radius 3 is 2.86 bits per heavy atom. The first-order valence-corrected chi connectivity index (χ1v) is 10.4. The van der Waals surface area contributed by atoms with Gasteiger partial charge in [-0.25, -0.2) is 4.98 Å². The van der Waals surface area contributed by atoms with Crippen LogP contribution in [0.15, 0.2) is 42.5 Å². The number of carbonyl (C=O) groups is 1. The molecule has 0 radical (unpaired) electrons. The lowest BCUT2D eigenvalue weighted by molar-refractivity contribution is 0.0949. The number of amides is 1. The number of thiophene rings is 1. The summed E-state index contributed by atoms with van der Waals surface area (Å²) >= 11 is 7.96. The van der Waals surface area contributed by atoms with Crippen LogP contribution < -0.4 is 10.6 Å². The Morgan fingerprint density at radius 2 is 2.04 bits per heavy atom. The number of anilines is 1. The largest absolute Gasteiger partial charge is 0.381 e. The Labute approximate surface area is 171 Å². The van der Waals surface area contributed by atoms with Gasteiger partial charge in [0.1, 0.15) is 4.88 Å². The molecular formula is C22H18ClN3OS. The van der Waals surface area contributed by atoms with Crippen LogP contribution in [0, 0.1) is 6.92 Å². The summed E-state index contributed by atoms with van der Waals surface area (Å²) in [4.78, 5) is 18.2. The molecule has 0 aliphatic carbocycles. The summed E-state index contributed by atoms with van der Waals surface area (Å²) in [5.41, 5.74) is 4.69. The molecule has 1 amide bonds. The maximum absolute atomic E-state index is 12.6. The lowest BCUT2D eigenvalue weighted by atomic mass is 10.1. The Morgan fingerprint density at radius 1 is 1.18 bits per heavy atom. The third-order valence-electron chi connectivity index (χ3n) is 5.09. The summed E-state index contributed by atoms with van der Waals surface area (Å²) < 4.78 is 1.08. The van der Waals surface area contributed by atoms with Gasteiger partial charge < -0.3 is 10.6 Å². The number of hydrogen-bond acceptors (Lipinski definition) is 4. The second-order valence-electron chi connectivity index (χ2n) is 7.25. The molecule has 0 saturated carbocycles. The number of carbonyl (C=O) groups excluding carboxylic acids is 1. The Balaban J connectivity index is 1.72. The molecule has 2 aromatic heterocycles. The average Bonchev–Trinajstić information content (AvgIpc) is 2.98. The molecule has 6 heteroatoms. The number of aromatic nitrogens is 1. The number of halogens is 1. The summed E-state index contributed by atoms with van der Waals surface area (Å²) in [5.74, 6) is -0.0159. The first kappa shape index (κ1) is 17.5. The molecule has 0 fully saturated rings. The van der Waals surface area contributed by atoms with Gasteiger partial charge in [0.15, 0.2) is 0 Å². The van der Waals surface area contributed by atoms with Crippen molar-refractivity contribution in [2.45, 2.75) is 19.9 Å². The van der Waals surface area contributed by atoms with E-state index in [1.165, 1.54) is 11.3 Å². The van der Waals surface area contributed by atoms with E-state index in [0.29, 0.717) is 11.6 Å². The van der Waals surface area contributed by atoms with Crippen LogP contribution >= 0.6 is 22.9 Å². The summed E-state index contributed by atoms with van der Waals surface area (Å²) in [5, 5.41) is 9.29. The number of nitrogens with one attached hydrogen (secondary N) is 2. The minimum Gasteiger partial charge on any atom is -0.381 e. The second-order valence-corrected chi connectivity index (χ2v) is 8.71. The summed E-state index contributed by atoms with van der Waals surface area (Å²) in [6, 6.07) is 14.2. The number of aryl methyl sites for hydroxylation is 1. The standard InChI is InChI=1S/C22H18ClN3OS/c1-11-3-4-13(15(23)9-11)16-6-5-14-17(26-16)7-8-18-19(14)20-21(28-18)22(27)25-12(2)10-24-20/h3-9,12,24H,10H2,1-2H3,(H,25,27)/t12-/m1/s1. The maximum Gasteiger partial charge on any atom is 0.263 e. The Hall–Kier alpha value is -2.63. The molecule has 5 rings (SSSR count). The SMILES string of the molecule is Cc1ccc(-c2ccc3c(ccc4sc5c(c43)NC[C@@H](C)NC5=O)n2)c(Cl)c1. The van der Waals surface area contributed by atoms with E-state index in [0.717, 1.165) is 48.4 Å². The van der Waals surface area contributed by atoms with Crippen molar-refractivity contribution in [1.29, 1.82) is 0 Å². The van der Waals surface area contributed by atoms with Crippen LogP contribution in [0.4, 0.5) is 5.69 Å². The van der Waals surface area contributed by atoms with Crippen LogP contribution in [0.3, 0.4) is 0 Å². The highest BCUT2D eigenvalue weighted by atomic mass is 35.5. The van der Waals surface area contributed by atoms with E-state index in [-0.39, 0.29) is 11.9 Å². The molecule has 28 heavy (non-hydrogen) atoms. The van der Waals surface area contributed by atoms with Crippen LogP contribution in [0.25, 0.3) is 32.2 Å². The molecule has 2 aromatic carbocycles. The van der Waals surface area contributed by atoms with Crippen molar-refractivity contribution < 1.29 is 4.79 Å². The fourth-order valence-electron chi connectivity index (χ4n) is 3.70. The normalized spacial score (nSPS) is 16.5. The summed E-state index contributed by atoms with van der Waals surface area (Å²) in [6.07, 6.45) is 0. The molecule has 1 aliphatic rings. The molecule has 1 aliphatic heterocycles. The van der Waals surface area contributed by atoms with Crippen LogP contribution in [-0.4, -0.2) is 23.5 Å². The van der Waals surface area contributed by atoms with E-state index in [9.17, 15) is 4.79 Å². The second kappa shape index (κ2) is 6.47. The molecule has 4 nitrogen and oxygen atoms in total. The van der Waals surface area contributed by atoms with Crippen molar-refractivity contribution >= 4 is 55.5 Å². The molecule has 0 bridgehead atoms. The molecule has 0 unspecified atom stereocenters. The van der Waals surface area contributed by atoms with Crippen molar-refractivity contribution in [3.63, 3.8) is 0 Å². The number of fused-ring (bicyclic) bond motifs is 5. The van der Waals surface area contributed by atoms with Gasteiger partial charge in [-0.1, -0.05) is 23.7 Å². The van der Waals surface area contributed by atoms with Crippen molar-refractivity contribution in [1.82, 2.24) is 10.3 Å². The highest BCUT2D eigenvalue weighted by molar-refractivity contribution is 7.21. The quantitative estimate of drug-likeness (QED) is 0.430. The molecule has 4 aromatic rings. The van der Waals surface area contributed by atoms with Crippen molar-refractivity contribution in [2.24, 2.45) is 0 Å². The van der Waals surface area contributed by atoms with E-state index < -0.39 is 0 Å². The van der Waals surface area contributed by atoms with Gasteiger partial charge in [-0.05, 0) is 49.7 Å². The van der Waals surface area contributed by atoms with Gasteiger partial charge in [-0.15, -0.1) is 11.3 Å². The molecule has 1 atom stereocenters. The summed E-state index contributed by atoms with van der Waals surface area (Å²) in [6.45, 7) is 4.72. The van der Waals surface area contributed by atoms with Gasteiger partial charge in [-0.3, -0.25) is 4.79 Å². The zero-order valence-corrected chi connectivity index (χ0v) is 17.0. The average molecular weight is 408 g/mol. The number of hydrogen-bond donors (Lipinski definition) is 2. The third kappa shape index (κ3) is 2.74. The summed E-state index contributed by atoms with van der Waals surface area (Å²) in [7, 11) is 0. The molecule has 2 N–H and O–H groups in total. The smallest absolute Gasteiger partial charge is 0.263 e. The number of benzene rings is 2. The number of pyridine rings is 1. The van der Waals surface area contributed by atoms with Crippen molar-refractivity contribution in [2.75, 3.05) is 11.9 Å². The zero-order chi connectivity index (χ0) is 19.4. The topological polar surface area (TPSA) is 54.0 Å².